The van der Waals surface area contributed by atoms with E-state index in [1.165, 1.54) is 0 Å². The minimum Gasteiger partial charge on any atom is -0.368 e. The number of ether oxygens (including phenoxy) is 1. The Bertz CT molecular complexity index is 517. The number of carbonyl (C=O) groups excluding carboxylic acids is 2. The molecule has 2 amide bonds. The first-order chi connectivity index (χ1) is 10.2. The summed E-state index contributed by atoms with van der Waals surface area (Å²) in [7, 11) is 0. The Hall–Kier alpha value is -1.88. The molecule has 0 aliphatic carbocycles. The van der Waals surface area contributed by atoms with Crippen molar-refractivity contribution in [2.24, 2.45) is 0 Å². The number of rotatable bonds is 4. The Morgan fingerprint density at radius 3 is 2.43 bits per heavy atom. The standard InChI is InChI=1S/C16H20N2O3/c19-15(14-7-10-21-14)17-11-12-3-5-13(6-4-12)16(20)18-8-1-2-9-18/h3-6,14H,1-2,7-11H2,(H,17,19). The summed E-state index contributed by atoms with van der Waals surface area (Å²) in [4.78, 5) is 25.7. The normalized spacial score (nSPS) is 21.0. The lowest BCUT2D eigenvalue weighted by Crippen LogP contribution is -2.42. The first-order valence-electron chi connectivity index (χ1n) is 7.51. The van der Waals surface area contributed by atoms with Crippen LogP contribution < -0.4 is 5.32 Å². The molecule has 2 heterocycles. The van der Waals surface area contributed by atoms with Crippen LogP contribution in [0.5, 0.6) is 0 Å². The molecule has 2 aliphatic rings. The Morgan fingerprint density at radius 1 is 1.19 bits per heavy atom. The fourth-order valence-electron chi connectivity index (χ4n) is 2.61. The van der Waals surface area contributed by atoms with Gasteiger partial charge < -0.3 is 15.0 Å². The lowest BCUT2D eigenvalue weighted by molar-refractivity contribution is -0.145. The van der Waals surface area contributed by atoms with Gasteiger partial charge in [-0.3, -0.25) is 9.59 Å². The molecule has 112 valence electrons. The fraction of sp³-hybridized carbons (Fsp3) is 0.500. The molecule has 0 saturated carbocycles. The molecule has 5 heteroatoms. The smallest absolute Gasteiger partial charge is 0.253 e. The molecule has 2 fully saturated rings. The van der Waals surface area contributed by atoms with Gasteiger partial charge in [0.2, 0.25) is 5.91 Å². The molecule has 2 aliphatic heterocycles. The van der Waals surface area contributed by atoms with Gasteiger partial charge in [-0.1, -0.05) is 12.1 Å². The molecule has 1 aromatic rings. The maximum absolute atomic E-state index is 12.2. The van der Waals surface area contributed by atoms with E-state index in [4.69, 9.17) is 4.74 Å². The van der Waals surface area contributed by atoms with Crippen molar-refractivity contribution >= 4 is 11.8 Å². The highest BCUT2D eigenvalue weighted by molar-refractivity contribution is 5.94. The molecule has 3 rings (SSSR count). The van der Waals surface area contributed by atoms with E-state index in [-0.39, 0.29) is 17.9 Å². The van der Waals surface area contributed by atoms with Crippen molar-refractivity contribution in [2.45, 2.75) is 31.9 Å². The maximum atomic E-state index is 12.2. The van der Waals surface area contributed by atoms with E-state index >= 15 is 0 Å². The highest BCUT2D eigenvalue weighted by Gasteiger charge is 2.25. The number of benzene rings is 1. The van der Waals surface area contributed by atoms with Crippen LogP contribution in [0.25, 0.3) is 0 Å². The number of likely N-dealkylation sites (tertiary alicyclic amines) is 1. The van der Waals surface area contributed by atoms with Crippen LogP contribution in [-0.4, -0.2) is 42.5 Å². The van der Waals surface area contributed by atoms with Crippen LogP contribution in [-0.2, 0) is 16.1 Å². The lowest BCUT2D eigenvalue weighted by atomic mass is 10.1. The van der Waals surface area contributed by atoms with Crippen LogP contribution in [0.1, 0.15) is 35.2 Å². The molecule has 21 heavy (non-hydrogen) atoms. The average molecular weight is 288 g/mol. The van der Waals surface area contributed by atoms with E-state index in [0.29, 0.717) is 18.7 Å². The van der Waals surface area contributed by atoms with Crippen molar-refractivity contribution in [1.29, 1.82) is 0 Å². The van der Waals surface area contributed by atoms with Crippen molar-refractivity contribution in [3.05, 3.63) is 35.4 Å². The molecule has 1 unspecified atom stereocenters. The van der Waals surface area contributed by atoms with Crippen molar-refractivity contribution < 1.29 is 14.3 Å². The van der Waals surface area contributed by atoms with Gasteiger partial charge in [0.25, 0.3) is 5.91 Å². The zero-order valence-corrected chi connectivity index (χ0v) is 12.0. The molecule has 0 spiro atoms. The minimum atomic E-state index is -0.277. The summed E-state index contributed by atoms with van der Waals surface area (Å²) >= 11 is 0. The van der Waals surface area contributed by atoms with Gasteiger partial charge >= 0.3 is 0 Å². The van der Waals surface area contributed by atoms with E-state index in [9.17, 15) is 9.59 Å². The Balaban J connectivity index is 1.53. The Morgan fingerprint density at radius 2 is 1.86 bits per heavy atom. The summed E-state index contributed by atoms with van der Waals surface area (Å²) in [6.07, 6.45) is 2.72. The number of hydrogen-bond donors (Lipinski definition) is 1. The van der Waals surface area contributed by atoms with Crippen LogP contribution >= 0.6 is 0 Å². The molecule has 0 aromatic heterocycles. The van der Waals surface area contributed by atoms with E-state index in [1.807, 2.05) is 29.2 Å². The van der Waals surface area contributed by atoms with Gasteiger partial charge in [0.1, 0.15) is 6.10 Å². The lowest BCUT2D eigenvalue weighted by Gasteiger charge is -2.25. The van der Waals surface area contributed by atoms with Crippen molar-refractivity contribution in [3.63, 3.8) is 0 Å². The second kappa shape index (κ2) is 6.26. The fourth-order valence-corrected chi connectivity index (χ4v) is 2.61. The number of carbonyl (C=O) groups is 2. The summed E-state index contributed by atoms with van der Waals surface area (Å²) in [6, 6.07) is 7.46. The minimum absolute atomic E-state index is 0.0570. The van der Waals surface area contributed by atoms with Gasteiger partial charge in [-0.05, 0) is 30.5 Å². The third-order valence-corrected chi connectivity index (χ3v) is 4.05. The largest absolute Gasteiger partial charge is 0.368 e. The second-order valence-corrected chi connectivity index (χ2v) is 5.56. The predicted octanol–water partition coefficient (Wildman–Crippen LogP) is 1.33. The second-order valence-electron chi connectivity index (χ2n) is 5.56. The van der Waals surface area contributed by atoms with Gasteiger partial charge in [-0.2, -0.15) is 0 Å². The summed E-state index contributed by atoms with van der Waals surface area (Å²) in [5.41, 5.74) is 1.70. The Kier molecular flexibility index (Phi) is 4.20. The van der Waals surface area contributed by atoms with E-state index in [0.717, 1.165) is 37.9 Å². The Labute approximate surface area is 124 Å². The van der Waals surface area contributed by atoms with Crippen LogP contribution in [0.3, 0.4) is 0 Å². The molecular formula is C16H20N2O3. The molecule has 1 aromatic carbocycles. The topological polar surface area (TPSA) is 58.6 Å². The molecule has 0 bridgehead atoms. The maximum Gasteiger partial charge on any atom is 0.253 e. The third kappa shape index (κ3) is 3.24. The molecule has 1 atom stereocenters. The van der Waals surface area contributed by atoms with E-state index in [1.54, 1.807) is 0 Å². The zero-order chi connectivity index (χ0) is 14.7. The summed E-state index contributed by atoms with van der Waals surface area (Å²) in [5.74, 6) is 0.0458. The first kappa shape index (κ1) is 14.1. The van der Waals surface area contributed by atoms with Crippen LogP contribution in [0, 0.1) is 0 Å². The van der Waals surface area contributed by atoms with Crippen LogP contribution in [0.4, 0.5) is 0 Å². The van der Waals surface area contributed by atoms with Crippen LogP contribution in [0.2, 0.25) is 0 Å². The number of hydrogen-bond acceptors (Lipinski definition) is 3. The number of amides is 2. The number of nitrogens with zero attached hydrogens (tertiary/aromatic N) is 1. The average Bonchev–Trinajstić information content (AvgIpc) is 2.97. The van der Waals surface area contributed by atoms with Crippen LogP contribution in [0.15, 0.2) is 24.3 Å². The molecule has 0 radical (unpaired) electrons. The SMILES string of the molecule is O=C(NCc1ccc(C(=O)N2CCCC2)cc1)C1CCO1. The zero-order valence-electron chi connectivity index (χ0n) is 12.0. The molecule has 2 saturated heterocycles. The molecular weight excluding hydrogens is 268 g/mol. The highest BCUT2D eigenvalue weighted by Crippen LogP contribution is 2.14. The highest BCUT2D eigenvalue weighted by atomic mass is 16.5. The van der Waals surface area contributed by atoms with Crippen molar-refractivity contribution in [2.75, 3.05) is 19.7 Å². The molecule has 5 nitrogen and oxygen atoms in total. The van der Waals surface area contributed by atoms with Crippen molar-refractivity contribution in [1.82, 2.24) is 10.2 Å². The summed E-state index contributed by atoms with van der Waals surface area (Å²) in [6.45, 7) is 2.86. The van der Waals surface area contributed by atoms with Crippen molar-refractivity contribution in [3.8, 4) is 0 Å². The van der Waals surface area contributed by atoms with Gasteiger partial charge in [0.15, 0.2) is 0 Å². The number of nitrogens with one attached hydrogen (secondary N) is 1. The van der Waals surface area contributed by atoms with E-state index in [2.05, 4.69) is 5.32 Å². The monoisotopic (exact) mass is 288 g/mol. The quantitative estimate of drug-likeness (QED) is 0.909. The summed E-state index contributed by atoms with van der Waals surface area (Å²) in [5, 5.41) is 2.85. The van der Waals surface area contributed by atoms with E-state index < -0.39 is 0 Å². The van der Waals surface area contributed by atoms with Gasteiger partial charge in [0.05, 0.1) is 6.61 Å². The van der Waals surface area contributed by atoms with Gasteiger partial charge in [0, 0.05) is 31.6 Å². The van der Waals surface area contributed by atoms with Gasteiger partial charge in [-0.25, -0.2) is 0 Å². The molecule has 1 N–H and O–H groups in total. The first-order valence-corrected chi connectivity index (χ1v) is 7.51. The predicted molar refractivity (Wildman–Crippen MR) is 77.8 cm³/mol. The third-order valence-electron chi connectivity index (χ3n) is 4.05. The summed E-state index contributed by atoms with van der Waals surface area (Å²) < 4.78 is 5.13. The van der Waals surface area contributed by atoms with Gasteiger partial charge in [-0.15, -0.1) is 0 Å².